The van der Waals surface area contributed by atoms with Gasteiger partial charge in [0.25, 0.3) is 0 Å². The predicted octanol–water partition coefficient (Wildman–Crippen LogP) is 18.2. The lowest BCUT2D eigenvalue weighted by Gasteiger charge is -2.29. The minimum absolute atomic E-state index is 0. The quantitative estimate of drug-likeness (QED) is 0.0121. The Bertz CT molecular complexity index is 5210. The maximum Gasteiger partial charge on any atom is 0.416 e. The lowest BCUT2D eigenvalue weighted by atomic mass is 9.78. The molecule has 39 heteroatoms. The summed E-state index contributed by atoms with van der Waals surface area (Å²) >= 11 is 0. The Morgan fingerprint density at radius 2 is 0.652 bits per heavy atom. The topological polar surface area (TPSA) is 399 Å². The highest BCUT2D eigenvalue weighted by atomic mass is 35.5. The second kappa shape index (κ2) is 55.2. The lowest BCUT2D eigenvalue weighted by molar-refractivity contribution is -0.168. The van der Waals surface area contributed by atoms with Crippen LogP contribution in [0.3, 0.4) is 0 Å². The molecule has 9 rings (SSSR count). The first kappa shape index (κ1) is 118. The van der Waals surface area contributed by atoms with Crippen LogP contribution in [0.4, 0.5) is 49.1 Å². The number of Topliss-reactive ketones (excluding diaryl/α,β-unsaturated/α-hetero) is 3. The Labute approximate surface area is 807 Å². The van der Waals surface area contributed by atoms with Gasteiger partial charge in [0.05, 0.1) is 102 Å². The van der Waals surface area contributed by atoms with Gasteiger partial charge in [-0.25, -0.2) is 44.4 Å². The minimum Gasteiger partial charge on any atom is -0.469 e. The van der Waals surface area contributed by atoms with Crippen LogP contribution in [0.1, 0.15) is 209 Å². The highest BCUT2D eigenvalue weighted by Crippen LogP contribution is 2.41. The molecule has 0 spiro atoms. The summed E-state index contributed by atoms with van der Waals surface area (Å²) < 4.78 is 221. The van der Waals surface area contributed by atoms with Crippen molar-refractivity contribution in [1.29, 1.82) is 0 Å². The van der Waals surface area contributed by atoms with Gasteiger partial charge in [-0.15, -0.1) is 12.4 Å². The van der Waals surface area contributed by atoms with E-state index in [2.05, 4.69) is 24.8 Å². The van der Waals surface area contributed by atoms with Gasteiger partial charge in [-0.2, -0.15) is 39.5 Å². The van der Waals surface area contributed by atoms with Gasteiger partial charge in [0.1, 0.15) is 35.5 Å². The number of aliphatic hydroxyl groups is 1. The fourth-order valence-corrected chi connectivity index (χ4v) is 21.3. The number of hydrogen-bond donors (Lipinski definition) is 4. The third-order valence-electron chi connectivity index (χ3n) is 24.8. The van der Waals surface area contributed by atoms with Crippen molar-refractivity contribution in [2.24, 2.45) is 70.8 Å². The van der Waals surface area contributed by atoms with E-state index in [9.17, 15) is 118 Å². The molecule has 6 aromatic rings. The molecule has 5 N–H and O–H groups in total. The van der Waals surface area contributed by atoms with Crippen molar-refractivity contribution >= 4 is 101 Å². The molecule has 6 aromatic carbocycles. The molecular formula is C99H127ClF9N3O23S3. The van der Waals surface area contributed by atoms with Crippen molar-refractivity contribution in [3.8, 4) is 0 Å². The van der Waals surface area contributed by atoms with Gasteiger partial charge in [-0.1, -0.05) is 146 Å². The number of hydrogen-bond acceptors (Lipinski definition) is 24. The zero-order valence-corrected chi connectivity index (χ0v) is 82.3. The number of methoxy groups -OCH3 is 3. The molecule has 764 valence electrons. The summed E-state index contributed by atoms with van der Waals surface area (Å²) in [5, 5.41) is 14.5. The van der Waals surface area contributed by atoms with Crippen LogP contribution in [-0.2, 0) is 115 Å². The van der Waals surface area contributed by atoms with Crippen molar-refractivity contribution in [3.63, 3.8) is 0 Å². The molecule has 7 atom stereocenters. The number of carbonyl (C=O) groups excluding carboxylic acids is 10. The van der Waals surface area contributed by atoms with Crippen LogP contribution >= 0.6 is 12.4 Å². The molecule has 3 aliphatic rings. The second-order valence-corrected chi connectivity index (χ2v) is 42.3. The normalized spacial score (nSPS) is 18.5. The molecule has 0 heterocycles. The average molecular weight is 2030 g/mol. The smallest absolute Gasteiger partial charge is 0.416 e. The summed E-state index contributed by atoms with van der Waals surface area (Å²) in [5.41, 5.74) is 5.82. The van der Waals surface area contributed by atoms with E-state index in [1.807, 2.05) is 105 Å². The zero-order valence-electron chi connectivity index (χ0n) is 79.0. The summed E-state index contributed by atoms with van der Waals surface area (Å²) in [6.45, 7) is 13.8. The minimum atomic E-state index is -4.55. The Hall–Kier alpha value is -10.2. The number of ketones is 3. The predicted molar refractivity (Wildman–Crippen MR) is 497 cm³/mol. The second-order valence-electron chi connectivity index (χ2n) is 36.2. The molecule has 3 aliphatic carbocycles. The van der Waals surface area contributed by atoms with Crippen LogP contribution in [0.5, 0.6) is 0 Å². The van der Waals surface area contributed by atoms with E-state index in [0.717, 1.165) is 96.6 Å². The zero-order chi connectivity index (χ0) is 102. The van der Waals surface area contributed by atoms with Gasteiger partial charge in [-0.05, 0) is 208 Å². The number of carbonyl (C=O) groups is 10. The van der Waals surface area contributed by atoms with E-state index in [1.165, 1.54) is 14.2 Å². The number of nitrogens with one attached hydrogen (secondary N) is 2. The number of ether oxygens (including phenoxy) is 6. The summed E-state index contributed by atoms with van der Waals surface area (Å²) in [6.07, 6.45) is -8.36. The van der Waals surface area contributed by atoms with Crippen LogP contribution in [-0.4, -0.2) is 166 Å². The molecule has 3 saturated carbocycles. The first-order valence-electron chi connectivity index (χ1n) is 45.4. The van der Waals surface area contributed by atoms with Gasteiger partial charge in [0.2, 0.25) is 0 Å². The van der Waals surface area contributed by atoms with Crippen molar-refractivity contribution in [1.82, 2.24) is 10.6 Å². The number of sulfone groups is 3. The Morgan fingerprint density at radius 1 is 0.370 bits per heavy atom. The van der Waals surface area contributed by atoms with Crippen LogP contribution in [0, 0.1) is 65.1 Å². The van der Waals surface area contributed by atoms with E-state index >= 15 is 0 Å². The van der Waals surface area contributed by atoms with Gasteiger partial charge in [0, 0.05) is 54.8 Å². The average Bonchev–Trinajstić information content (AvgIpc) is 0.813. The van der Waals surface area contributed by atoms with Gasteiger partial charge in [-0.3, -0.25) is 28.8 Å². The summed E-state index contributed by atoms with van der Waals surface area (Å²) in [6, 6.07) is 35.9. The number of halogens is 10. The molecule has 138 heavy (non-hydrogen) atoms. The number of esters is 5. The Balaban J connectivity index is 0.000000331. The third-order valence-corrected chi connectivity index (χ3v) is 30.5. The SMILES string of the molecule is CC(C)[C@H](N)C(=O)OC[C@@H](CC(=O)C1CCC(CS(=O)(=O)c2ccc(C(F)(F)F)cc2)CC1)c1ccccc1.COC(=O)C[C@H](C(=O)OC(=O)[C@@H](NC(=O)OC)C(C)C)C(C)C.COC(=O)N[C@H](C(=O)OC[C@@H](CC(=O)C1CCC(CS(=O)(=O)c2ccc(C(F)(F)F)cc2)CC1)c1ccccc1)C(C)C.Cl.O=C(C[C@H](CO)c1ccccc1)C1CCC(CS(=O)(=O)c2ccc(C(F)(F)F)cc2)CC1. The number of benzene rings is 6. The van der Waals surface area contributed by atoms with E-state index in [0.29, 0.717) is 77.0 Å². The number of aliphatic hydroxyl groups excluding tert-OH is 1. The standard InChI is InChI=1S/C31H38F3NO7S.C29H36F3NO5S.C24H27F3O4S.C15H25NO7.ClH/c1-20(2)28(35-30(38)41-3)29(37)42-18-24(22-7-5-4-6-8-22)17-27(36)23-11-9-21(10-12-23)19-43(39,40)26-15-13-25(14-16-26)31(32,33)34;1-19(2)27(33)28(35)38-17-23(21-6-4-3-5-7-21)16-26(34)22-10-8-20(9-11-22)18-39(36,37)25-14-12-24(13-15-25)29(30,31)32;25-24(26,27)21-10-12-22(13-11-21)32(30,31)16-17-6-8-19(9-7-17)23(29)14-20(15-28)18-4-2-1-3-5-18;1-8(2)10(7-11(17)21-5)13(18)23-14(19)12(9(3)4)16-15(20)22-6;/h4-8,13-16,20-21,23-24,28H,9-12,17-19H2,1-3H3,(H,35,38);3-7,12-15,19-20,22-23,27H,8-11,16-18,33H2,1-2H3;1-5,10-13,17,19-20,28H,6-9,14-16H2;8-10,12H,7H2,1-6H3,(H,16,20);1H/t21?,23?,24-,28+;20?,22?,23-,27+;17?,19?,20-;10-,12-;/m1110./s1. The molecule has 0 radical (unpaired) electrons. The molecule has 3 fully saturated rings. The molecule has 0 saturated heterocycles. The highest BCUT2D eigenvalue weighted by Gasteiger charge is 2.41. The lowest BCUT2D eigenvalue weighted by Crippen LogP contribution is -2.46. The number of amides is 2. The number of rotatable bonds is 38. The first-order chi connectivity index (χ1) is 64.2. The Morgan fingerprint density at radius 3 is 0.913 bits per heavy atom. The fraction of sp³-hybridized carbons (Fsp3) is 0.535. The van der Waals surface area contributed by atoms with Crippen LogP contribution in [0.25, 0.3) is 0 Å². The number of nitrogens with two attached hydrogens (primary N) is 1. The first-order valence-corrected chi connectivity index (χ1v) is 50.3. The van der Waals surface area contributed by atoms with E-state index < -0.39 is 137 Å². The molecule has 0 aromatic heterocycles. The van der Waals surface area contributed by atoms with Gasteiger partial charge in [0.15, 0.2) is 29.5 Å². The molecule has 2 amide bonds. The van der Waals surface area contributed by atoms with Gasteiger partial charge < -0.3 is 49.9 Å². The van der Waals surface area contributed by atoms with Gasteiger partial charge >= 0.3 is 60.6 Å². The number of alkyl carbamates (subject to hydrolysis) is 2. The van der Waals surface area contributed by atoms with Crippen molar-refractivity contribution in [3.05, 3.63) is 197 Å². The fourth-order valence-electron chi connectivity index (χ4n) is 16.2. The summed E-state index contributed by atoms with van der Waals surface area (Å²) in [7, 11) is -7.68. The van der Waals surface area contributed by atoms with Crippen LogP contribution in [0.15, 0.2) is 178 Å². The monoisotopic (exact) mass is 2030 g/mol. The summed E-state index contributed by atoms with van der Waals surface area (Å²) in [4.78, 5) is 123. The highest BCUT2D eigenvalue weighted by molar-refractivity contribution is 7.92. The number of alkyl halides is 9. The molecule has 0 aliphatic heterocycles. The van der Waals surface area contributed by atoms with Crippen LogP contribution in [0.2, 0.25) is 0 Å². The third kappa shape index (κ3) is 38.1. The molecule has 0 unspecified atom stereocenters. The van der Waals surface area contributed by atoms with E-state index in [-0.39, 0.29) is 178 Å². The largest absolute Gasteiger partial charge is 0.469 e. The van der Waals surface area contributed by atoms with Crippen molar-refractivity contribution in [2.75, 3.05) is 58.4 Å². The Kier molecular flexibility index (Phi) is 47.3. The van der Waals surface area contributed by atoms with E-state index in [4.69, 9.17) is 19.9 Å². The molecule has 0 bridgehead atoms. The maximum atomic E-state index is 13.4. The molecule has 26 nitrogen and oxygen atoms in total. The molecular weight excluding hydrogens is 1900 g/mol. The van der Waals surface area contributed by atoms with E-state index in [1.54, 1.807) is 41.5 Å². The van der Waals surface area contributed by atoms with Crippen molar-refractivity contribution in [2.45, 2.75) is 227 Å². The summed E-state index contributed by atoms with van der Waals surface area (Å²) in [5.74, 6) is -7.67. The van der Waals surface area contributed by atoms with Crippen LogP contribution < -0.4 is 16.4 Å². The van der Waals surface area contributed by atoms with Crippen molar-refractivity contribution < 1.29 is 146 Å². The maximum absolute atomic E-state index is 13.4.